The largest absolute Gasteiger partial charge is 0.427 e. The zero-order valence-corrected chi connectivity index (χ0v) is 12.1. The summed E-state index contributed by atoms with van der Waals surface area (Å²) in [7, 11) is 0. The molecule has 1 aromatic heterocycles. The highest BCUT2D eigenvalue weighted by molar-refractivity contribution is 7.15. The minimum absolute atomic E-state index is 0.232. The van der Waals surface area contributed by atoms with Crippen molar-refractivity contribution in [3.8, 4) is 5.75 Å². The molecule has 0 saturated carbocycles. The van der Waals surface area contributed by atoms with E-state index >= 15 is 0 Å². The minimum Gasteiger partial charge on any atom is -0.427 e. The third-order valence-electron chi connectivity index (χ3n) is 2.95. The fourth-order valence-corrected chi connectivity index (χ4v) is 2.96. The van der Waals surface area contributed by atoms with Crippen LogP contribution in [0.3, 0.4) is 0 Å². The molecule has 108 valence electrons. The van der Waals surface area contributed by atoms with Gasteiger partial charge < -0.3 is 10.1 Å². The number of anilines is 1. The van der Waals surface area contributed by atoms with Gasteiger partial charge in [0.1, 0.15) is 5.75 Å². The highest BCUT2D eigenvalue weighted by Gasteiger charge is 2.17. The quantitative estimate of drug-likeness (QED) is 0.669. The van der Waals surface area contributed by atoms with E-state index in [1.807, 2.05) is 0 Å². The number of benzene rings is 1. The van der Waals surface area contributed by atoms with Crippen molar-refractivity contribution >= 4 is 28.3 Å². The normalized spacial score (nSPS) is 12.8. The number of nitrogens with zero attached hydrogens (tertiary/aromatic N) is 1. The van der Waals surface area contributed by atoms with E-state index < -0.39 is 5.97 Å². The minimum atomic E-state index is -0.391. The Kier molecular flexibility index (Phi) is 3.68. The van der Waals surface area contributed by atoms with Gasteiger partial charge in [-0.1, -0.05) is 0 Å². The monoisotopic (exact) mass is 303 g/mol. The van der Waals surface area contributed by atoms with E-state index in [1.54, 1.807) is 24.3 Å². The molecule has 3 rings (SSSR count). The van der Waals surface area contributed by atoms with E-state index in [4.69, 9.17) is 4.74 Å². The average Bonchev–Trinajstić information content (AvgIpc) is 2.99. The molecule has 1 aromatic carbocycles. The van der Waals surface area contributed by atoms with Gasteiger partial charge in [-0.3, -0.25) is 14.9 Å². The highest BCUT2D eigenvalue weighted by atomic mass is 32.1. The van der Waals surface area contributed by atoms with Crippen LogP contribution in [0.4, 0.5) is 5.13 Å². The van der Waals surface area contributed by atoms with E-state index in [0.717, 1.165) is 23.7 Å². The van der Waals surface area contributed by atoms with E-state index in [0.29, 0.717) is 16.4 Å². The van der Waals surface area contributed by atoms with Crippen LogP contribution < -0.4 is 15.4 Å². The van der Waals surface area contributed by atoms with Crippen LogP contribution in [0.1, 0.15) is 27.9 Å². The second-order valence-electron chi connectivity index (χ2n) is 4.56. The molecule has 0 bridgehead atoms. The Bertz CT molecular complexity index is 672. The summed E-state index contributed by atoms with van der Waals surface area (Å²) in [5.74, 6) is -0.207. The van der Waals surface area contributed by atoms with Crippen molar-refractivity contribution in [3.63, 3.8) is 0 Å². The lowest BCUT2D eigenvalue weighted by Crippen LogP contribution is -2.12. The molecule has 0 atom stereocenters. The maximum Gasteiger partial charge on any atom is 0.308 e. The van der Waals surface area contributed by atoms with Gasteiger partial charge in [-0.15, -0.1) is 11.3 Å². The van der Waals surface area contributed by atoms with Crippen LogP contribution in [0.5, 0.6) is 5.75 Å². The number of hydrogen-bond acceptors (Lipinski definition) is 6. The lowest BCUT2D eigenvalue weighted by atomic mass is 10.2. The van der Waals surface area contributed by atoms with Crippen LogP contribution in [0.25, 0.3) is 0 Å². The molecule has 2 heterocycles. The van der Waals surface area contributed by atoms with Crippen molar-refractivity contribution in [2.24, 2.45) is 0 Å². The first-order valence-corrected chi connectivity index (χ1v) is 7.22. The summed E-state index contributed by atoms with van der Waals surface area (Å²) >= 11 is 1.48. The second kappa shape index (κ2) is 5.63. The topological polar surface area (TPSA) is 80.3 Å². The van der Waals surface area contributed by atoms with Crippen LogP contribution in [0, 0.1) is 0 Å². The molecule has 2 N–H and O–H groups in total. The summed E-state index contributed by atoms with van der Waals surface area (Å²) in [6.45, 7) is 2.88. The molecule has 0 unspecified atom stereocenters. The third kappa shape index (κ3) is 3.09. The van der Waals surface area contributed by atoms with Gasteiger partial charge in [0.25, 0.3) is 5.91 Å². The van der Waals surface area contributed by atoms with Crippen molar-refractivity contribution in [1.82, 2.24) is 10.3 Å². The zero-order valence-electron chi connectivity index (χ0n) is 11.3. The number of esters is 1. The van der Waals surface area contributed by atoms with Crippen LogP contribution in [-0.4, -0.2) is 16.9 Å². The van der Waals surface area contributed by atoms with Crippen molar-refractivity contribution < 1.29 is 14.3 Å². The molecule has 2 aromatic rings. The Morgan fingerprint density at radius 1 is 1.29 bits per heavy atom. The number of hydrogen-bond donors (Lipinski definition) is 2. The standard InChI is InChI=1S/C14H13N3O3S/c1-8(18)20-10-4-2-9(3-5-10)13(19)17-14-16-11-6-15-7-12(11)21-14/h2-5,15H,6-7H2,1H3,(H,16,17,19). The fourth-order valence-electron chi connectivity index (χ4n) is 2.02. The number of thiazole rings is 1. The highest BCUT2D eigenvalue weighted by Crippen LogP contribution is 2.26. The maximum absolute atomic E-state index is 12.1. The smallest absolute Gasteiger partial charge is 0.308 e. The summed E-state index contributed by atoms with van der Waals surface area (Å²) in [6, 6.07) is 6.39. The Morgan fingerprint density at radius 2 is 2.05 bits per heavy atom. The Hall–Kier alpha value is -2.25. The van der Waals surface area contributed by atoms with Crippen LogP contribution >= 0.6 is 11.3 Å². The lowest BCUT2D eigenvalue weighted by Gasteiger charge is -2.04. The number of aromatic nitrogens is 1. The number of rotatable bonds is 3. The SMILES string of the molecule is CC(=O)Oc1ccc(C(=O)Nc2nc3c(s2)CNC3)cc1. The zero-order chi connectivity index (χ0) is 14.8. The molecular weight excluding hydrogens is 290 g/mol. The molecule has 0 saturated heterocycles. The molecule has 1 amide bonds. The van der Waals surface area contributed by atoms with E-state index in [2.05, 4.69) is 15.6 Å². The average molecular weight is 303 g/mol. The summed E-state index contributed by atoms with van der Waals surface area (Å²) in [4.78, 5) is 28.5. The molecule has 21 heavy (non-hydrogen) atoms. The predicted octanol–water partition coefficient (Wildman–Crippen LogP) is 1.92. The van der Waals surface area contributed by atoms with Gasteiger partial charge >= 0.3 is 5.97 Å². The molecule has 1 aliphatic heterocycles. The summed E-state index contributed by atoms with van der Waals surface area (Å²) in [5.41, 5.74) is 1.49. The van der Waals surface area contributed by atoms with Crippen LogP contribution in [0.15, 0.2) is 24.3 Å². The second-order valence-corrected chi connectivity index (χ2v) is 5.65. The maximum atomic E-state index is 12.1. The Balaban J connectivity index is 1.68. The van der Waals surface area contributed by atoms with Crippen molar-refractivity contribution in [2.45, 2.75) is 20.0 Å². The first kappa shape index (κ1) is 13.7. The number of nitrogens with one attached hydrogen (secondary N) is 2. The van der Waals surface area contributed by atoms with Gasteiger partial charge in [0.15, 0.2) is 5.13 Å². The molecule has 1 aliphatic rings. The summed E-state index contributed by atoms with van der Waals surface area (Å²) < 4.78 is 4.92. The molecule has 6 nitrogen and oxygen atoms in total. The van der Waals surface area contributed by atoms with E-state index in [-0.39, 0.29) is 5.91 Å². The van der Waals surface area contributed by atoms with Gasteiger partial charge in [0, 0.05) is 30.5 Å². The molecule has 0 aliphatic carbocycles. The molecule has 7 heteroatoms. The molecule has 0 spiro atoms. The predicted molar refractivity (Wildman–Crippen MR) is 78.4 cm³/mol. The Morgan fingerprint density at radius 3 is 2.71 bits per heavy atom. The fraction of sp³-hybridized carbons (Fsp3) is 0.214. The van der Waals surface area contributed by atoms with E-state index in [9.17, 15) is 9.59 Å². The van der Waals surface area contributed by atoms with Crippen LogP contribution in [-0.2, 0) is 17.9 Å². The third-order valence-corrected chi connectivity index (χ3v) is 3.97. The first-order chi connectivity index (χ1) is 10.1. The van der Waals surface area contributed by atoms with Gasteiger partial charge in [0.2, 0.25) is 0 Å². The van der Waals surface area contributed by atoms with Crippen molar-refractivity contribution in [3.05, 3.63) is 40.4 Å². The lowest BCUT2D eigenvalue weighted by molar-refractivity contribution is -0.131. The molecular formula is C14H13N3O3S. The van der Waals surface area contributed by atoms with Gasteiger partial charge in [-0.05, 0) is 24.3 Å². The van der Waals surface area contributed by atoms with Crippen LogP contribution in [0.2, 0.25) is 0 Å². The van der Waals surface area contributed by atoms with Gasteiger partial charge in [0.05, 0.1) is 5.69 Å². The van der Waals surface area contributed by atoms with E-state index in [1.165, 1.54) is 18.3 Å². The number of ether oxygens (including phenoxy) is 1. The Labute approximate surface area is 125 Å². The summed E-state index contributed by atoms with van der Waals surface area (Å²) in [5, 5.41) is 6.58. The van der Waals surface area contributed by atoms with Crippen molar-refractivity contribution in [2.75, 3.05) is 5.32 Å². The number of fused-ring (bicyclic) bond motifs is 1. The molecule has 0 fully saturated rings. The first-order valence-electron chi connectivity index (χ1n) is 6.41. The number of carbonyl (C=O) groups excluding carboxylic acids is 2. The summed E-state index contributed by atoms with van der Waals surface area (Å²) in [6.07, 6.45) is 0. The number of carbonyl (C=O) groups is 2. The molecule has 0 radical (unpaired) electrons. The number of amides is 1. The van der Waals surface area contributed by atoms with Crippen molar-refractivity contribution in [1.29, 1.82) is 0 Å². The van der Waals surface area contributed by atoms with Gasteiger partial charge in [-0.25, -0.2) is 4.98 Å². The van der Waals surface area contributed by atoms with Gasteiger partial charge in [-0.2, -0.15) is 0 Å².